The van der Waals surface area contributed by atoms with Gasteiger partial charge < -0.3 is 14.4 Å². The van der Waals surface area contributed by atoms with Gasteiger partial charge in [0, 0.05) is 49.2 Å². The molecule has 0 spiro atoms. The molecular weight excluding hydrogens is 726 g/mol. The number of phenols is 1. The van der Waals surface area contributed by atoms with Crippen LogP contribution in [0.2, 0.25) is 0 Å². The number of benzene rings is 4. The van der Waals surface area contributed by atoms with E-state index >= 15 is 0 Å². The first-order chi connectivity index (χ1) is 20.5. The van der Waals surface area contributed by atoms with E-state index in [1.54, 1.807) is 6.07 Å². The van der Waals surface area contributed by atoms with Gasteiger partial charge in [-0.15, -0.1) is 17.0 Å². The Hall–Kier alpha value is -4.21. The Labute approximate surface area is 271 Å². The minimum Gasteiger partial charge on any atom is -0.506 e. The van der Waals surface area contributed by atoms with Gasteiger partial charge in [-0.1, -0.05) is 94.9 Å². The molecule has 0 radical (unpaired) electrons. The van der Waals surface area contributed by atoms with Gasteiger partial charge in [0.25, 0.3) is 0 Å². The first-order valence-electron chi connectivity index (χ1n) is 14.7. The van der Waals surface area contributed by atoms with Crippen LogP contribution in [-0.4, -0.2) is 19.6 Å². The third-order valence-corrected chi connectivity index (χ3v) is 8.14. The molecule has 3 heterocycles. The van der Waals surface area contributed by atoms with E-state index in [2.05, 4.69) is 99.6 Å². The van der Waals surface area contributed by atoms with Gasteiger partial charge in [-0.2, -0.15) is 6.07 Å². The Kier molecular flexibility index (Phi) is 7.29. The minimum atomic E-state index is -0.240. The molecule has 4 aromatic carbocycles. The molecule has 224 valence electrons. The predicted octanol–water partition coefficient (Wildman–Crippen LogP) is 9.77. The van der Waals surface area contributed by atoms with Crippen LogP contribution in [0.3, 0.4) is 0 Å². The summed E-state index contributed by atoms with van der Waals surface area (Å²) < 4.78 is 8.71. The van der Waals surface area contributed by atoms with Gasteiger partial charge in [-0.3, -0.25) is 0 Å². The summed E-state index contributed by atoms with van der Waals surface area (Å²) in [6.45, 7) is 13.3. The maximum atomic E-state index is 10.4. The van der Waals surface area contributed by atoms with E-state index in [9.17, 15) is 5.11 Å². The Bertz CT molecular complexity index is 2200. The second-order valence-corrected chi connectivity index (χ2v) is 13.3. The van der Waals surface area contributed by atoms with Crippen molar-refractivity contribution in [3.05, 3.63) is 108 Å². The fraction of sp³-hybridized carbons (Fsp3) is 0.211. The number of phenolic OH excluding ortho intramolecular Hbond substituents is 1. The van der Waals surface area contributed by atoms with Crippen molar-refractivity contribution in [2.75, 3.05) is 0 Å². The summed E-state index contributed by atoms with van der Waals surface area (Å²) in [6.07, 6.45) is 0. The van der Waals surface area contributed by atoms with Gasteiger partial charge in [-0.25, -0.2) is 9.97 Å². The van der Waals surface area contributed by atoms with Gasteiger partial charge in [0.05, 0.1) is 5.52 Å². The molecular formula is C38H34N3O2Pt-. The summed E-state index contributed by atoms with van der Waals surface area (Å²) in [7, 11) is 0. The van der Waals surface area contributed by atoms with E-state index in [1.165, 1.54) is 5.56 Å². The van der Waals surface area contributed by atoms with Crippen molar-refractivity contribution in [1.29, 1.82) is 0 Å². The van der Waals surface area contributed by atoms with Crippen molar-refractivity contribution in [3.8, 4) is 23.2 Å². The van der Waals surface area contributed by atoms with Crippen LogP contribution in [0.5, 0.6) is 17.4 Å². The number of rotatable bonds is 3. The molecule has 0 fully saturated rings. The van der Waals surface area contributed by atoms with E-state index in [0.717, 1.165) is 49.5 Å². The average Bonchev–Trinajstić information content (AvgIpc) is 3.28. The molecule has 44 heavy (non-hydrogen) atoms. The molecule has 1 N–H and O–H groups in total. The Balaban J connectivity index is 0.00000343. The molecule has 0 aliphatic heterocycles. The third kappa shape index (κ3) is 5.14. The molecule has 7 aromatic rings. The summed E-state index contributed by atoms with van der Waals surface area (Å²) in [6, 6.07) is 34.1. The molecule has 5 nitrogen and oxygen atoms in total. The van der Waals surface area contributed by atoms with E-state index in [4.69, 9.17) is 9.72 Å². The van der Waals surface area contributed by atoms with Crippen molar-refractivity contribution in [3.63, 3.8) is 0 Å². The van der Waals surface area contributed by atoms with Gasteiger partial charge in [-0.05, 0) is 52.8 Å². The van der Waals surface area contributed by atoms with E-state index in [1.807, 2.05) is 42.5 Å². The molecule has 6 heteroatoms. The molecule has 0 aliphatic rings. The van der Waals surface area contributed by atoms with Crippen LogP contribution in [0.1, 0.15) is 52.7 Å². The van der Waals surface area contributed by atoms with Gasteiger partial charge in [0.2, 0.25) is 5.88 Å². The Morgan fingerprint density at radius 3 is 2.25 bits per heavy atom. The van der Waals surface area contributed by atoms with Crippen LogP contribution in [0.15, 0.2) is 91.0 Å². The third-order valence-electron chi connectivity index (χ3n) is 8.14. The molecule has 3 aromatic heterocycles. The van der Waals surface area contributed by atoms with E-state index < -0.39 is 0 Å². The maximum Gasteiger partial charge on any atom is 0.217 e. The van der Waals surface area contributed by atoms with Crippen LogP contribution in [0.4, 0.5) is 0 Å². The van der Waals surface area contributed by atoms with Crippen molar-refractivity contribution in [2.24, 2.45) is 0 Å². The molecule has 0 bridgehead atoms. The number of hydrogen-bond donors (Lipinski definition) is 1. The first-order valence-corrected chi connectivity index (χ1v) is 14.7. The van der Waals surface area contributed by atoms with Crippen molar-refractivity contribution >= 4 is 43.6 Å². The monoisotopic (exact) mass is 759 g/mol. The molecule has 0 saturated carbocycles. The molecule has 0 saturated heterocycles. The van der Waals surface area contributed by atoms with Crippen LogP contribution in [0.25, 0.3) is 49.4 Å². The number of ether oxygens (including phenoxy) is 1. The Morgan fingerprint density at radius 1 is 0.727 bits per heavy atom. The number of aromatic nitrogens is 3. The van der Waals surface area contributed by atoms with Crippen molar-refractivity contribution in [1.82, 2.24) is 14.5 Å². The largest absolute Gasteiger partial charge is 0.506 e. The number of nitrogens with zero attached hydrogens (tertiary/aromatic N) is 3. The normalized spacial score (nSPS) is 12.2. The maximum absolute atomic E-state index is 10.4. The topological polar surface area (TPSA) is 60.2 Å². The number of pyridine rings is 2. The Morgan fingerprint density at radius 2 is 1.48 bits per heavy atom. The smallest absolute Gasteiger partial charge is 0.217 e. The quantitative estimate of drug-likeness (QED) is 0.182. The fourth-order valence-corrected chi connectivity index (χ4v) is 5.77. The predicted molar refractivity (Wildman–Crippen MR) is 176 cm³/mol. The zero-order valence-corrected chi connectivity index (χ0v) is 27.9. The van der Waals surface area contributed by atoms with Gasteiger partial charge in [0.15, 0.2) is 0 Å². The zero-order valence-electron chi connectivity index (χ0n) is 25.7. The van der Waals surface area contributed by atoms with Crippen LogP contribution >= 0.6 is 0 Å². The average molecular weight is 760 g/mol. The number of fused-ring (bicyclic) bond motifs is 5. The zero-order chi connectivity index (χ0) is 30.1. The molecule has 7 rings (SSSR count). The second kappa shape index (κ2) is 10.7. The first kappa shape index (κ1) is 29.8. The van der Waals surface area contributed by atoms with Crippen LogP contribution < -0.4 is 4.74 Å². The molecule has 0 amide bonds. The SMILES string of the molecule is CC(C)(C)c1ccc2c(c1)c1cc(C(C)(C)C)c(Oc3ccc4cccc(O)c4n3)[c-]c1n2-c1ccc2ccccc2n1.[Pt]. The summed E-state index contributed by atoms with van der Waals surface area (Å²) in [5, 5.41) is 14.6. The van der Waals surface area contributed by atoms with Gasteiger partial charge in [0.1, 0.15) is 17.1 Å². The minimum absolute atomic E-state index is 0. The van der Waals surface area contributed by atoms with Crippen molar-refractivity contribution in [2.45, 2.75) is 52.4 Å². The van der Waals surface area contributed by atoms with Gasteiger partial charge >= 0.3 is 0 Å². The number of aromatic hydroxyl groups is 1. The fourth-order valence-electron chi connectivity index (χ4n) is 5.77. The van der Waals surface area contributed by atoms with Crippen LogP contribution in [0, 0.1) is 6.07 Å². The summed E-state index contributed by atoms with van der Waals surface area (Å²) >= 11 is 0. The second-order valence-electron chi connectivity index (χ2n) is 13.3. The van der Waals surface area contributed by atoms with Crippen molar-refractivity contribution < 1.29 is 30.9 Å². The number of hydrogen-bond acceptors (Lipinski definition) is 4. The molecule has 0 atom stereocenters. The molecule has 0 unspecified atom stereocenters. The summed E-state index contributed by atoms with van der Waals surface area (Å²) in [5.41, 5.74) is 5.43. The van der Waals surface area contributed by atoms with E-state index in [-0.39, 0.29) is 37.6 Å². The summed E-state index contributed by atoms with van der Waals surface area (Å²) in [5.74, 6) is 1.94. The standard InChI is InChI=1S/C38H34N3O2.Pt/c1-37(2,3)25-16-17-30-26(20-25)27-21-28(38(4,5)6)33(43-35-19-15-24-11-9-13-32(42)36(24)40-35)22-31(27)41(30)34-18-14-23-10-7-8-12-29(23)39-34;/h7-21,42H,1-6H3;/q-1;. The summed E-state index contributed by atoms with van der Waals surface area (Å²) in [4.78, 5) is 9.74. The van der Waals surface area contributed by atoms with Crippen LogP contribution in [-0.2, 0) is 31.9 Å². The molecule has 0 aliphatic carbocycles. The van der Waals surface area contributed by atoms with E-state index in [0.29, 0.717) is 17.1 Å². The number of para-hydroxylation sites is 2.